The molecule has 0 aliphatic heterocycles. The first-order chi connectivity index (χ1) is 13.8. The molecule has 5 nitrogen and oxygen atoms in total. The molecular formula is C18H13ClF6N2O3. The maximum absolute atomic E-state index is 12.8. The molecular weight excluding hydrogens is 442 g/mol. The molecule has 0 spiro atoms. The Balaban J connectivity index is 1.86. The molecule has 0 aromatic heterocycles. The molecule has 0 heterocycles. The SMILES string of the molecule is O=C(NCc1ccc(OC(F)(F)F)cc1)C(=O)NCc1ccc(Cl)c(C(F)(F)F)c1. The summed E-state index contributed by atoms with van der Waals surface area (Å²) in [6, 6.07) is 7.63. The zero-order valence-corrected chi connectivity index (χ0v) is 15.6. The van der Waals surface area contributed by atoms with E-state index in [9.17, 15) is 35.9 Å². The van der Waals surface area contributed by atoms with Crippen LogP contribution in [0.3, 0.4) is 0 Å². The van der Waals surface area contributed by atoms with Crippen molar-refractivity contribution < 1.29 is 40.7 Å². The predicted molar refractivity (Wildman–Crippen MR) is 93.3 cm³/mol. The molecule has 0 atom stereocenters. The summed E-state index contributed by atoms with van der Waals surface area (Å²) in [6.07, 6.45) is -9.51. The van der Waals surface area contributed by atoms with Crippen LogP contribution in [0.15, 0.2) is 42.5 Å². The van der Waals surface area contributed by atoms with Crippen molar-refractivity contribution in [2.24, 2.45) is 0 Å². The number of hydrogen-bond acceptors (Lipinski definition) is 3. The highest BCUT2D eigenvalue weighted by molar-refractivity contribution is 6.35. The first-order valence-corrected chi connectivity index (χ1v) is 8.49. The summed E-state index contributed by atoms with van der Waals surface area (Å²) in [5.41, 5.74) is -0.607. The van der Waals surface area contributed by atoms with Gasteiger partial charge in [0.15, 0.2) is 0 Å². The van der Waals surface area contributed by atoms with Crippen molar-refractivity contribution in [3.8, 4) is 5.75 Å². The van der Waals surface area contributed by atoms with Gasteiger partial charge in [-0.1, -0.05) is 29.8 Å². The summed E-state index contributed by atoms with van der Waals surface area (Å²) in [4.78, 5) is 23.6. The number of ether oxygens (including phenoxy) is 1. The maximum Gasteiger partial charge on any atom is 0.573 e. The van der Waals surface area contributed by atoms with Crippen LogP contribution in [0.1, 0.15) is 16.7 Å². The molecule has 0 saturated carbocycles. The minimum Gasteiger partial charge on any atom is -0.406 e. The molecule has 30 heavy (non-hydrogen) atoms. The highest BCUT2D eigenvalue weighted by Crippen LogP contribution is 2.35. The molecule has 0 aliphatic rings. The standard InChI is InChI=1S/C18H13ClF6N2O3/c19-14-6-3-11(7-13(14)17(20,21)22)9-27-16(29)15(28)26-8-10-1-4-12(5-2-10)30-18(23,24)25/h1-7H,8-9H2,(H,26,28)(H,27,29). The zero-order chi connectivity index (χ0) is 22.5. The number of benzene rings is 2. The van der Waals surface area contributed by atoms with Crippen LogP contribution in [-0.4, -0.2) is 18.2 Å². The number of alkyl halides is 6. The molecule has 2 aromatic carbocycles. The van der Waals surface area contributed by atoms with E-state index in [4.69, 9.17) is 11.6 Å². The normalized spacial score (nSPS) is 11.7. The number of nitrogens with one attached hydrogen (secondary N) is 2. The van der Waals surface area contributed by atoms with Crippen molar-refractivity contribution in [2.45, 2.75) is 25.6 Å². The van der Waals surface area contributed by atoms with E-state index < -0.39 is 40.7 Å². The fourth-order valence-electron chi connectivity index (χ4n) is 2.23. The van der Waals surface area contributed by atoms with E-state index in [-0.39, 0.29) is 18.7 Å². The van der Waals surface area contributed by atoms with Crippen molar-refractivity contribution in [1.82, 2.24) is 10.6 Å². The van der Waals surface area contributed by atoms with Gasteiger partial charge in [-0.05, 0) is 35.4 Å². The first kappa shape index (κ1) is 23.3. The first-order valence-electron chi connectivity index (χ1n) is 8.11. The molecule has 0 fully saturated rings. The average Bonchev–Trinajstić information content (AvgIpc) is 2.64. The minimum atomic E-state index is -4.83. The molecule has 0 aliphatic carbocycles. The van der Waals surface area contributed by atoms with E-state index in [1.165, 1.54) is 18.2 Å². The van der Waals surface area contributed by atoms with Crippen LogP contribution in [-0.2, 0) is 28.9 Å². The van der Waals surface area contributed by atoms with Gasteiger partial charge in [-0.25, -0.2) is 0 Å². The lowest BCUT2D eigenvalue weighted by atomic mass is 10.1. The number of carbonyl (C=O) groups is 2. The van der Waals surface area contributed by atoms with Gasteiger partial charge in [-0.3, -0.25) is 9.59 Å². The quantitative estimate of drug-likeness (QED) is 0.526. The molecule has 0 radical (unpaired) electrons. The van der Waals surface area contributed by atoms with Gasteiger partial charge in [0.1, 0.15) is 5.75 Å². The van der Waals surface area contributed by atoms with Crippen LogP contribution < -0.4 is 15.4 Å². The van der Waals surface area contributed by atoms with E-state index in [1.807, 2.05) is 0 Å². The Morgan fingerprint density at radius 1 is 0.833 bits per heavy atom. The summed E-state index contributed by atoms with van der Waals surface area (Å²) in [5.74, 6) is -2.62. The van der Waals surface area contributed by atoms with Gasteiger partial charge in [-0.15, -0.1) is 13.2 Å². The van der Waals surface area contributed by atoms with Crippen LogP contribution in [0, 0.1) is 0 Å². The second kappa shape index (κ2) is 9.24. The van der Waals surface area contributed by atoms with Crippen molar-refractivity contribution in [3.63, 3.8) is 0 Å². The number of carbonyl (C=O) groups excluding carboxylic acids is 2. The monoisotopic (exact) mass is 454 g/mol. The Hall–Kier alpha value is -2.95. The summed E-state index contributed by atoms with van der Waals surface area (Å²) >= 11 is 5.50. The second-order valence-electron chi connectivity index (χ2n) is 5.87. The summed E-state index contributed by atoms with van der Waals surface area (Å²) in [5, 5.41) is 3.90. The largest absolute Gasteiger partial charge is 0.573 e. The Morgan fingerprint density at radius 3 is 1.83 bits per heavy atom. The van der Waals surface area contributed by atoms with Crippen molar-refractivity contribution in [3.05, 3.63) is 64.2 Å². The van der Waals surface area contributed by atoms with Gasteiger partial charge >= 0.3 is 24.4 Å². The average molecular weight is 455 g/mol. The molecule has 12 heteroatoms. The Labute approximate surface area is 171 Å². The summed E-state index contributed by atoms with van der Waals surface area (Å²) in [7, 11) is 0. The topological polar surface area (TPSA) is 67.4 Å². The van der Waals surface area contributed by atoms with E-state index >= 15 is 0 Å². The number of hydrogen-bond donors (Lipinski definition) is 2. The number of halogens is 7. The fraction of sp³-hybridized carbons (Fsp3) is 0.222. The second-order valence-corrected chi connectivity index (χ2v) is 6.28. The number of amides is 2. The van der Waals surface area contributed by atoms with Crippen molar-refractivity contribution >= 4 is 23.4 Å². The van der Waals surface area contributed by atoms with Crippen LogP contribution >= 0.6 is 11.6 Å². The number of rotatable bonds is 5. The van der Waals surface area contributed by atoms with Gasteiger partial charge in [0, 0.05) is 13.1 Å². The summed E-state index contributed by atoms with van der Waals surface area (Å²) < 4.78 is 78.5. The lowest BCUT2D eigenvalue weighted by Crippen LogP contribution is -2.39. The molecule has 0 bridgehead atoms. The van der Waals surface area contributed by atoms with Gasteiger partial charge < -0.3 is 15.4 Å². The Morgan fingerprint density at radius 2 is 1.33 bits per heavy atom. The smallest absolute Gasteiger partial charge is 0.406 e. The Bertz CT molecular complexity index is 914. The van der Waals surface area contributed by atoms with Crippen molar-refractivity contribution in [1.29, 1.82) is 0 Å². The molecule has 0 unspecified atom stereocenters. The third-order valence-electron chi connectivity index (χ3n) is 3.61. The van der Waals surface area contributed by atoms with Crippen LogP contribution in [0.5, 0.6) is 5.75 Å². The molecule has 162 valence electrons. The van der Waals surface area contributed by atoms with E-state index in [0.717, 1.165) is 24.3 Å². The fourth-order valence-corrected chi connectivity index (χ4v) is 2.46. The highest BCUT2D eigenvalue weighted by atomic mass is 35.5. The third-order valence-corrected chi connectivity index (χ3v) is 3.94. The van der Waals surface area contributed by atoms with Gasteiger partial charge in [0.2, 0.25) is 0 Å². The molecule has 2 rings (SSSR count). The lowest BCUT2D eigenvalue weighted by molar-refractivity contribution is -0.274. The minimum absolute atomic E-state index is 0.0770. The molecule has 2 amide bonds. The van der Waals surface area contributed by atoms with Crippen molar-refractivity contribution in [2.75, 3.05) is 0 Å². The molecule has 2 N–H and O–H groups in total. The van der Waals surface area contributed by atoms with E-state index in [2.05, 4.69) is 15.4 Å². The maximum atomic E-state index is 12.8. The van der Waals surface area contributed by atoms with E-state index in [1.54, 1.807) is 0 Å². The lowest BCUT2D eigenvalue weighted by Gasteiger charge is -2.12. The zero-order valence-electron chi connectivity index (χ0n) is 14.8. The highest BCUT2D eigenvalue weighted by Gasteiger charge is 2.33. The van der Waals surface area contributed by atoms with Crippen LogP contribution in [0.25, 0.3) is 0 Å². The predicted octanol–water partition coefficient (Wildman–Crippen LogP) is 4.19. The van der Waals surface area contributed by atoms with Gasteiger partial charge in [0.05, 0.1) is 10.6 Å². The van der Waals surface area contributed by atoms with Crippen LogP contribution in [0.2, 0.25) is 5.02 Å². The van der Waals surface area contributed by atoms with Gasteiger partial charge in [0.25, 0.3) is 0 Å². The molecule has 0 saturated heterocycles. The van der Waals surface area contributed by atoms with E-state index in [0.29, 0.717) is 5.56 Å². The summed E-state index contributed by atoms with van der Waals surface area (Å²) in [6.45, 7) is -0.520. The van der Waals surface area contributed by atoms with Gasteiger partial charge in [-0.2, -0.15) is 13.2 Å². The van der Waals surface area contributed by atoms with Crippen LogP contribution in [0.4, 0.5) is 26.3 Å². The molecule has 2 aromatic rings. The Kier molecular flexibility index (Phi) is 7.19. The third kappa shape index (κ3) is 7.14.